The third kappa shape index (κ3) is 5.15. The number of piperidine rings is 1. The van der Waals surface area contributed by atoms with Gasteiger partial charge in [-0.15, -0.1) is 0 Å². The molecule has 1 saturated heterocycles. The second-order valence-corrected chi connectivity index (χ2v) is 10.2. The van der Waals surface area contributed by atoms with Crippen molar-refractivity contribution in [1.29, 1.82) is 0 Å². The molecule has 0 atom stereocenters. The number of aryl methyl sites for hydroxylation is 1. The molecule has 0 unspecified atom stereocenters. The first-order valence-electron chi connectivity index (χ1n) is 10.3. The predicted molar refractivity (Wildman–Crippen MR) is 109 cm³/mol. The van der Waals surface area contributed by atoms with Crippen LogP contribution in [-0.4, -0.2) is 52.6 Å². The van der Waals surface area contributed by atoms with E-state index < -0.39 is 26.6 Å². The van der Waals surface area contributed by atoms with Crippen molar-refractivity contribution in [2.75, 3.05) is 13.1 Å². The molecule has 0 bridgehead atoms. The quantitative estimate of drug-likeness (QED) is 0.447. The van der Waals surface area contributed by atoms with E-state index in [-0.39, 0.29) is 44.7 Å². The van der Waals surface area contributed by atoms with Gasteiger partial charge in [0.25, 0.3) is 5.91 Å². The highest BCUT2D eigenvalue weighted by Gasteiger charge is 2.51. The fraction of sp³-hybridized carbons (Fsp3) is 0.700. The van der Waals surface area contributed by atoms with Gasteiger partial charge >= 0.3 is 0 Å². The highest BCUT2D eigenvalue weighted by atomic mass is 32.2. The Bertz CT molecular complexity index is 813. The second kappa shape index (κ2) is 9.65. The monoisotopic (exact) mass is 447 g/mol. The summed E-state index contributed by atoms with van der Waals surface area (Å²) in [5, 5.41) is 9.06. The summed E-state index contributed by atoms with van der Waals surface area (Å²) in [6, 6.07) is 3.61. The van der Waals surface area contributed by atoms with E-state index in [2.05, 4.69) is 4.98 Å². The van der Waals surface area contributed by atoms with Gasteiger partial charge in [0.05, 0.1) is 0 Å². The Morgan fingerprint density at radius 1 is 1.27 bits per heavy atom. The van der Waals surface area contributed by atoms with Gasteiger partial charge in [-0.3, -0.25) is 15.0 Å². The number of nitrogens with zero attached hydrogens (tertiary/aromatic N) is 2. The SMILES string of the molecule is CCC(CC)(C(=O)NO)S(=O)(=O)N1CCC(c2ccc(CCC(C)(F)F)cn2)CC1. The highest BCUT2D eigenvalue weighted by molar-refractivity contribution is 7.91. The van der Waals surface area contributed by atoms with Crippen LogP contribution in [0.3, 0.4) is 0 Å². The van der Waals surface area contributed by atoms with Crippen molar-refractivity contribution in [2.24, 2.45) is 0 Å². The number of amides is 1. The average Bonchev–Trinajstić information content (AvgIpc) is 2.73. The van der Waals surface area contributed by atoms with Crippen molar-refractivity contribution >= 4 is 15.9 Å². The van der Waals surface area contributed by atoms with Gasteiger partial charge in [-0.25, -0.2) is 27.0 Å². The summed E-state index contributed by atoms with van der Waals surface area (Å²) in [6.45, 7) is 4.62. The molecule has 1 aromatic rings. The van der Waals surface area contributed by atoms with Crippen LogP contribution in [0.2, 0.25) is 0 Å². The number of hydrogen-bond acceptors (Lipinski definition) is 5. The minimum atomic E-state index is -3.96. The topological polar surface area (TPSA) is 99.6 Å². The van der Waals surface area contributed by atoms with Gasteiger partial charge in [0.15, 0.2) is 4.75 Å². The fourth-order valence-corrected chi connectivity index (χ4v) is 6.18. The smallest absolute Gasteiger partial charge is 0.266 e. The number of nitrogens with one attached hydrogen (secondary N) is 1. The van der Waals surface area contributed by atoms with Gasteiger partial charge in [0, 0.05) is 37.3 Å². The third-order valence-corrected chi connectivity index (χ3v) is 8.86. The summed E-state index contributed by atoms with van der Waals surface area (Å²) in [5.41, 5.74) is 3.06. The van der Waals surface area contributed by atoms with E-state index in [0.29, 0.717) is 12.8 Å². The maximum absolute atomic E-state index is 13.2. The standard InChI is InChI=1S/C20H31F2N3O4S/c1-4-20(5-2,18(26)24-27)30(28,29)25-12-9-16(10-13-25)17-7-6-15(14-23-17)8-11-19(3,21)22/h6-7,14,16,27H,4-5,8-13H2,1-3H3,(H,24,26). The predicted octanol–water partition coefficient (Wildman–Crippen LogP) is 3.24. The molecule has 0 radical (unpaired) electrons. The first-order chi connectivity index (χ1) is 14.0. The van der Waals surface area contributed by atoms with Crippen LogP contribution in [-0.2, 0) is 21.2 Å². The third-order valence-electron chi connectivity index (χ3n) is 6.06. The number of pyridine rings is 1. The lowest BCUT2D eigenvalue weighted by Crippen LogP contribution is -2.57. The number of alkyl halides is 2. The van der Waals surface area contributed by atoms with Crippen LogP contribution < -0.4 is 5.48 Å². The summed E-state index contributed by atoms with van der Waals surface area (Å²) in [7, 11) is -3.96. The van der Waals surface area contributed by atoms with Crippen LogP contribution >= 0.6 is 0 Å². The molecule has 2 rings (SSSR count). The minimum Gasteiger partial charge on any atom is -0.289 e. The number of sulfonamides is 1. The molecule has 0 aliphatic carbocycles. The molecule has 1 aliphatic heterocycles. The molecule has 0 spiro atoms. The summed E-state index contributed by atoms with van der Waals surface area (Å²) in [4.78, 5) is 16.6. The lowest BCUT2D eigenvalue weighted by molar-refractivity contribution is -0.132. The molecule has 0 aromatic carbocycles. The van der Waals surface area contributed by atoms with E-state index in [4.69, 9.17) is 5.21 Å². The van der Waals surface area contributed by atoms with Crippen LogP contribution in [0.15, 0.2) is 18.3 Å². The number of carbonyl (C=O) groups is 1. The molecule has 7 nitrogen and oxygen atoms in total. The largest absolute Gasteiger partial charge is 0.289 e. The van der Waals surface area contributed by atoms with Crippen LogP contribution in [0.5, 0.6) is 0 Å². The van der Waals surface area contributed by atoms with Gasteiger partial charge in [-0.05, 0) is 50.7 Å². The van der Waals surface area contributed by atoms with Crippen LogP contribution in [0, 0.1) is 0 Å². The molecular formula is C20H31F2N3O4S. The lowest BCUT2D eigenvalue weighted by Gasteiger charge is -2.38. The molecule has 1 fully saturated rings. The Morgan fingerprint density at radius 3 is 2.30 bits per heavy atom. The summed E-state index contributed by atoms with van der Waals surface area (Å²) >= 11 is 0. The van der Waals surface area contributed by atoms with E-state index in [0.717, 1.165) is 18.2 Å². The van der Waals surface area contributed by atoms with E-state index in [9.17, 15) is 22.0 Å². The summed E-state index contributed by atoms with van der Waals surface area (Å²) in [6.07, 6.45) is 2.81. The molecule has 1 aliphatic rings. The zero-order chi connectivity index (χ0) is 22.6. The Balaban J connectivity index is 2.06. The van der Waals surface area contributed by atoms with E-state index >= 15 is 0 Å². The maximum Gasteiger partial charge on any atom is 0.266 e. The average molecular weight is 448 g/mol. The van der Waals surface area contributed by atoms with Crippen LogP contribution in [0.1, 0.15) is 70.1 Å². The Hall–Kier alpha value is -1.65. The van der Waals surface area contributed by atoms with E-state index in [1.165, 1.54) is 9.79 Å². The normalized spacial score (nSPS) is 17.1. The van der Waals surface area contributed by atoms with Crippen LogP contribution in [0.4, 0.5) is 8.78 Å². The van der Waals surface area contributed by atoms with Crippen molar-refractivity contribution in [2.45, 2.75) is 75.9 Å². The van der Waals surface area contributed by atoms with E-state index in [1.54, 1.807) is 26.1 Å². The lowest BCUT2D eigenvalue weighted by atomic mass is 9.93. The first-order valence-corrected chi connectivity index (χ1v) is 11.7. The zero-order valence-electron chi connectivity index (χ0n) is 17.7. The molecule has 10 heteroatoms. The number of hydrogen-bond donors (Lipinski definition) is 2. The van der Waals surface area contributed by atoms with Gasteiger partial charge in [-0.2, -0.15) is 0 Å². The number of hydroxylamine groups is 1. The Kier molecular flexibility index (Phi) is 7.92. The van der Waals surface area contributed by atoms with Crippen molar-refractivity contribution in [1.82, 2.24) is 14.8 Å². The Labute approximate surface area is 176 Å². The second-order valence-electron chi connectivity index (χ2n) is 7.98. The van der Waals surface area contributed by atoms with Gasteiger partial charge < -0.3 is 0 Å². The number of rotatable bonds is 9. The van der Waals surface area contributed by atoms with Gasteiger partial charge in [-0.1, -0.05) is 19.9 Å². The minimum absolute atomic E-state index is 0.0536. The molecule has 1 aromatic heterocycles. The first kappa shape index (κ1) is 24.6. The molecule has 2 N–H and O–H groups in total. The van der Waals surface area contributed by atoms with Crippen molar-refractivity contribution < 1.29 is 27.2 Å². The number of halogens is 2. The van der Waals surface area contributed by atoms with Crippen molar-refractivity contribution in [3.8, 4) is 0 Å². The number of aromatic nitrogens is 1. The highest BCUT2D eigenvalue weighted by Crippen LogP contribution is 2.34. The number of carbonyl (C=O) groups excluding carboxylic acids is 1. The molecule has 170 valence electrons. The summed E-state index contributed by atoms with van der Waals surface area (Å²) in [5.74, 6) is -3.57. The van der Waals surface area contributed by atoms with E-state index in [1.807, 2.05) is 6.07 Å². The van der Waals surface area contributed by atoms with Crippen molar-refractivity contribution in [3.63, 3.8) is 0 Å². The van der Waals surface area contributed by atoms with Crippen LogP contribution in [0.25, 0.3) is 0 Å². The van der Waals surface area contributed by atoms with Gasteiger partial charge in [0.1, 0.15) is 0 Å². The fourth-order valence-electron chi connectivity index (χ4n) is 3.98. The van der Waals surface area contributed by atoms with Gasteiger partial charge in [0.2, 0.25) is 15.9 Å². The molecule has 0 saturated carbocycles. The zero-order valence-corrected chi connectivity index (χ0v) is 18.5. The maximum atomic E-state index is 13.2. The summed E-state index contributed by atoms with van der Waals surface area (Å²) < 4.78 is 52.0. The van der Waals surface area contributed by atoms with Crippen molar-refractivity contribution in [3.05, 3.63) is 29.6 Å². The molecule has 2 heterocycles. The molecular weight excluding hydrogens is 416 g/mol. The Morgan fingerprint density at radius 2 is 1.87 bits per heavy atom. The molecule has 30 heavy (non-hydrogen) atoms. The molecule has 1 amide bonds.